The van der Waals surface area contributed by atoms with E-state index in [1.165, 1.54) is 0 Å². The van der Waals surface area contributed by atoms with Gasteiger partial charge in [0.25, 0.3) is 0 Å². The zero-order valence-electron chi connectivity index (χ0n) is 10.3. The predicted octanol–water partition coefficient (Wildman–Crippen LogP) is 1.08. The molecule has 0 atom stereocenters. The molecule has 0 spiro atoms. The van der Waals surface area contributed by atoms with Crippen LogP contribution in [0.2, 0.25) is 0 Å². The Hall–Kier alpha value is -1.76. The van der Waals surface area contributed by atoms with Crippen LogP contribution in [0.1, 0.15) is 5.82 Å². The van der Waals surface area contributed by atoms with E-state index in [2.05, 4.69) is 24.8 Å². The number of anilines is 3. The van der Waals surface area contributed by atoms with Crippen molar-refractivity contribution >= 4 is 28.1 Å². The average molecular weight is 264 g/mol. The summed E-state index contributed by atoms with van der Waals surface area (Å²) < 4.78 is 0. The number of hydrogen-bond donors (Lipinski definition) is 2. The molecule has 0 bridgehead atoms. The molecule has 96 valence electrons. The Bertz CT molecular complexity index is 512. The summed E-state index contributed by atoms with van der Waals surface area (Å²) in [5, 5.41) is 3.11. The van der Waals surface area contributed by atoms with Gasteiger partial charge in [0.2, 0.25) is 0 Å². The average Bonchev–Trinajstić information content (AvgIpc) is 2.99. The molecule has 0 aliphatic carbocycles. The molecule has 6 nitrogen and oxygen atoms in total. The lowest BCUT2D eigenvalue weighted by molar-refractivity contribution is 0.647. The Labute approximate surface area is 109 Å². The smallest absolute Gasteiger partial charge is 0.185 e. The second-order valence-corrected chi connectivity index (χ2v) is 5.22. The minimum atomic E-state index is 0.662. The quantitative estimate of drug-likeness (QED) is 0.849. The van der Waals surface area contributed by atoms with Crippen LogP contribution < -0.4 is 15.5 Å². The zero-order valence-corrected chi connectivity index (χ0v) is 11.1. The van der Waals surface area contributed by atoms with Gasteiger partial charge in [0.1, 0.15) is 11.6 Å². The number of imidazole rings is 1. The fraction of sp³-hybridized carbons (Fsp3) is 0.455. The molecule has 3 heterocycles. The highest BCUT2D eigenvalue weighted by Crippen LogP contribution is 2.24. The van der Waals surface area contributed by atoms with Crippen LogP contribution in [-0.4, -0.2) is 41.1 Å². The van der Waals surface area contributed by atoms with Gasteiger partial charge in [-0.15, -0.1) is 11.3 Å². The molecule has 1 aliphatic heterocycles. The highest BCUT2D eigenvalue weighted by Gasteiger charge is 2.21. The van der Waals surface area contributed by atoms with Gasteiger partial charge in [-0.3, -0.25) is 0 Å². The highest BCUT2D eigenvalue weighted by atomic mass is 32.1. The number of H-pyrrole nitrogens is 1. The summed E-state index contributed by atoms with van der Waals surface area (Å²) in [5.74, 6) is 2.41. The summed E-state index contributed by atoms with van der Waals surface area (Å²) >= 11 is 1.68. The molecule has 1 aliphatic rings. The van der Waals surface area contributed by atoms with Crippen LogP contribution >= 0.6 is 11.3 Å². The Morgan fingerprint density at radius 1 is 1.28 bits per heavy atom. The minimum Gasteiger partial charge on any atom is -0.382 e. The summed E-state index contributed by atoms with van der Waals surface area (Å²) in [4.78, 5) is 16.3. The van der Waals surface area contributed by atoms with E-state index in [0.717, 1.165) is 43.0 Å². The fourth-order valence-electron chi connectivity index (χ4n) is 2.22. The topological polar surface area (TPSA) is 74.1 Å². The summed E-state index contributed by atoms with van der Waals surface area (Å²) in [7, 11) is 0. The number of aromatic amines is 1. The van der Waals surface area contributed by atoms with Crippen molar-refractivity contribution < 1.29 is 0 Å². The van der Waals surface area contributed by atoms with Gasteiger partial charge < -0.3 is 20.5 Å². The number of nitrogens with two attached hydrogens (primary N) is 1. The molecule has 0 unspecified atom stereocenters. The van der Waals surface area contributed by atoms with Gasteiger partial charge in [0.15, 0.2) is 10.9 Å². The predicted molar refractivity (Wildman–Crippen MR) is 74.3 cm³/mol. The Kier molecular flexibility index (Phi) is 2.83. The second-order valence-electron chi connectivity index (χ2n) is 4.35. The molecule has 18 heavy (non-hydrogen) atoms. The van der Waals surface area contributed by atoms with Crippen molar-refractivity contribution in [3.63, 3.8) is 0 Å². The highest BCUT2D eigenvalue weighted by molar-refractivity contribution is 7.13. The fourth-order valence-corrected chi connectivity index (χ4v) is 2.92. The van der Waals surface area contributed by atoms with E-state index in [9.17, 15) is 0 Å². The maximum atomic E-state index is 5.92. The van der Waals surface area contributed by atoms with Crippen LogP contribution in [-0.2, 0) is 0 Å². The monoisotopic (exact) mass is 264 g/mol. The van der Waals surface area contributed by atoms with E-state index in [1.54, 1.807) is 11.3 Å². The van der Waals surface area contributed by atoms with E-state index in [4.69, 9.17) is 5.73 Å². The third-order valence-corrected chi connectivity index (χ3v) is 3.93. The lowest BCUT2D eigenvalue weighted by Gasteiger charge is -2.34. The molecule has 0 amide bonds. The van der Waals surface area contributed by atoms with Gasteiger partial charge in [-0.05, 0) is 6.92 Å². The molecular formula is C11H16N6S. The van der Waals surface area contributed by atoms with E-state index in [-0.39, 0.29) is 0 Å². The van der Waals surface area contributed by atoms with Crippen molar-refractivity contribution in [2.75, 3.05) is 41.7 Å². The van der Waals surface area contributed by atoms with Crippen LogP contribution in [0.5, 0.6) is 0 Å². The van der Waals surface area contributed by atoms with Gasteiger partial charge in [-0.1, -0.05) is 0 Å². The lowest BCUT2D eigenvalue weighted by atomic mass is 10.3. The van der Waals surface area contributed by atoms with Gasteiger partial charge in [-0.2, -0.15) is 0 Å². The minimum absolute atomic E-state index is 0.662. The first-order valence-corrected chi connectivity index (χ1v) is 6.83. The van der Waals surface area contributed by atoms with E-state index < -0.39 is 0 Å². The first-order chi connectivity index (χ1) is 8.74. The molecule has 3 N–H and O–H groups in total. The third-order valence-electron chi connectivity index (χ3n) is 3.10. The van der Waals surface area contributed by atoms with E-state index in [0.29, 0.717) is 5.82 Å². The van der Waals surface area contributed by atoms with Crippen molar-refractivity contribution in [1.82, 2.24) is 15.0 Å². The SMILES string of the molecule is Cc1nc(N2CCN(c3nccs3)CC2)c(N)[nH]1. The molecule has 1 fully saturated rings. The van der Waals surface area contributed by atoms with Crippen molar-refractivity contribution in [2.24, 2.45) is 0 Å². The van der Waals surface area contributed by atoms with Crippen LogP contribution in [0.3, 0.4) is 0 Å². The molecule has 3 rings (SSSR count). The number of aryl methyl sites for hydroxylation is 1. The molecule has 0 aromatic carbocycles. The normalized spacial score (nSPS) is 16.3. The van der Waals surface area contributed by atoms with Crippen LogP contribution in [0.4, 0.5) is 16.8 Å². The maximum absolute atomic E-state index is 5.92. The first kappa shape index (κ1) is 11.3. The van der Waals surface area contributed by atoms with Crippen molar-refractivity contribution in [2.45, 2.75) is 6.92 Å². The summed E-state index contributed by atoms with van der Waals surface area (Å²) in [5.41, 5.74) is 5.92. The number of aromatic nitrogens is 3. The third kappa shape index (κ3) is 2.01. The molecule has 1 saturated heterocycles. The number of piperazine rings is 1. The molecule has 7 heteroatoms. The van der Waals surface area contributed by atoms with Crippen LogP contribution in [0.25, 0.3) is 0 Å². The number of nitrogen functional groups attached to an aromatic ring is 1. The lowest BCUT2D eigenvalue weighted by Crippen LogP contribution is -2.46. The van der Waals surface area contributed by atoms with Crippen LogP contribution in [0.15, 0.2) is 11.6 Å². The molecule has 0 radical (unpaired) electrons. The van der Waals surface area contributed by atoms with Gasteiger partial charge in [0, 0.05) is 37.8 Å². The number of nitrogens with one attached hydrogen (secondary N) is 1. The van der Waals surface area contributed by atoms with Gasteiger partial charge in [0.05, 0.1) is 0 Å². The summed E-state index contributed by atoms with van der Waals surface area (Å²) in [6.45, 7) is 5.69. The summed E-state index contributed by atoms with van der Waals surface area (Å²) in [6, 6.07) is 0. The molecule has 0 saturated carbocycles. The second kappa shape index (κ2) is 4.49. The molecular weight excluding hydrogens is 248 g/mol. The van der Waals surface area contributed by atoms with Crippen molar-refractivity contribution in [3.05, 3.63) is 17.4 Å². The summed E-state index contributed by atoms with van der Waals surface area (Å²) in [6.07, 6.45) is 1.85. The Morgan fingerprint density at radius 2 is 2.00 bits per heavy atom. The Morgan fingerprint density at radius 3 is 2.56 bits per heavy atom. The number of rotatable bonds is 2. The van der Waals surface area contributed by atoms with Crippen molar-refractivity contribution in [3.8, 4) is 0 Å². The molecule has 2 aromatic heterocycles. The molecule has 2 aromatic rings. The number of thiazole rings is 1. The van der Waals surface area contributed by atoms with E-state index in [1.807, 2.05) is 18.5 Å². The number of nitrogens with zero attached hydrogens (tertiary/aromatic N) is 4. The standard InChI is InChI=1S/C11H16N6S/c1-8-14-9(12)10(15-8)16-3-5-17(6-4-16)11-13-2-7-18-11/h2,7H,3-6,12H2,1H3,(H,14,15). The van der Waals surface area contributed by atoms with E-state index >= 15 is 0 Å². The maximum Gasteiger partial charge on any atom is 0.185 e. The zero-order chi connectivity index (χ0) is 12.5. The van der Waals surface area contributed by atoms with Crippen molar-refractivity contribution in [1.29, 1.82) is 0 Å². The van der Waals surface area contributed by atoms with Gasteiger partial charge >= 0.3 is 0 Å². The Balaban J connectivity index is 1.68. The largest absolute Gasteiger partial charge is 0.382 e. The van der Waals surface area contributed by atoms with Crippen LogP contribution in [0, 0.1) is 6.92 Å². The number of hydrogen-bond acceptors (Lipinski definition) is 6. The van der Waals surface area contributed by atoms with Gasteiger partial charge in [-0.25, -0.2) is 9.97 Å². The first-order valence-electron chi connectivity index (χ1n) is 5.95.